The third-order valence-corrected chi connectivity index (χ3v) is 7.16. The highest BCUT2D eigenvalue weighted by Crippen LogP contribution is 2.28. The molecule has 4 rings (SSSR count). The van der Waals surface area contributed by atoms with Crippen molar-refractivity contribution < 1.29 is 14.3 Å². The van der Waals surface area contributed by atoms with Gasteiger partial charge in [0.1, 0.15) is 0 Å². The number of benzene rings is 2. The zero-order valence-corrected chi connectivity index (χ0v) is 19.3. The number of amides is 2. The first-order valence-corrected chi connectivity index (χ1v) is 12.2. The fourth-order valence-corrected chi connectivity index (χ4v) is 5.55. The highest BCUT2D eigenvalue weighted by atomic mass is 32.2. The van der Waals surface area contributed by atoms with Gasteiger partial charge in [0.2, 0.25) is 5.91 Å². The average molecular weight is 456 g/mol. The van der Waals surface area contributed by atoms with Crippen LogP contribution in [0.15, 0.2) is 47.5 Å². The number of aromatic nitrogens is 1. The Kier molecular flexibility index (Phi) is 6.89. The lowest BCUT2D eigenvalue weighted by atomic mass is 10.2. The minimum absolute atomic E-state index is 0.0373. The highest BCUT2D eigenvalue weighted by Gasteiger charge is 2.23. The Balaban J connectivity index is 1.42. The van der Waals surface area contributed by atoms with Crippen molar-refractivity contribution in [2.24, 2.45) is 4.99 Å². The van der Waals surface area contributed by atoms with Crippen LogP contribution in [-0.4, -0.2) is 48.1 Å². The topological polar surface area (TPSA) is 63.9 Å². The molecule has 2 aromatic carbocycles. The predicted molar refractivity (Wildman–Crippen MR) is 127 cm³/mol. The van der Waals surface area contributed by atoms with Gasteiger partial charge in [0.25, 0.3) is 5.91 Å². The number of ether oxygens (including phenoxy) is 1. The van der Waals surface area contributed by atoms with E-state index in [9.17, 15) is 9.59 Å². The molecule has 0 unspecified atom stereocenters. The Morgan fingerprint density at radius 2 is 2.03 bits per heavy atom. The van der Waals surface area contributed by atoms with Crippen LogP contribution in [-0.2, 0) is 27.3 Å². The van der Waals surface area contributed by atoms with Crippen molar-refractivity contribution in [2.75, 3.05) is 36.7 Å². The zero-order valence-electron chi connectivity index (χ0n) is 17.7. The normalized spacial score (nSPS) is 13.7. The predicted octanol–water partition coefficient (Wildman–Crippen LogP) is 3.41. The van der Waals surface area contributed by atoms with Gasteiger partial charge in [-0.05, 0) is 42.7 Å². The number of thioether (sulfide) groups is 1. The molecule has 2 amide bonds. The monoisotopic (exact) mass is 455 g/mol. The van der Waals surface area contributed by atoms with Gasteiger partial charge in [-0.1, -0.05) is 35.6 Å². The number of methoxy groups -OCH3 is 1. The molecule has 3 aromatic rings. The Morgan fingerprint density at radius 1 is 1.19 bits per heavy atom. The quantitative estimate of drug-likeness (QED) is 0.548. The van der Waals surface area contributed by atoms with Crippen LogP contribution >= 0.6 is 23.1 Å². The molecule has 31 heavy (non-hydrogen) atoms. The third kappa shape index (κ3) is 4.92. The number of carbonyl (C=O) groups excluding carboxylic acids is 2. The van der Waals surface area contributed by atoms with Gasteiger partial charge < -0.3 is 14.2 Å². The number of nitrogens with zero attached hydrogens (tertiary/aromatic N) is 3. The zero-order chi connectivity index (χ0) is 21.8. The summed E-state index contributed by atoms with van der Waals surface area (Å²) in [7, 11) is 1.66. The molecular weight excluding hydrogens is 430 g/mol. The number of hydrogen-bond donors (Lipinski definition) is 0. The Labute approximate surface area is 189 Å². The number of carbonyl (C=O) groups is 2. The van der Waals surface area contributed by atoms with Crippen LogP contribution in [0.2, 0.25) is 0 Å². The number of thiazole rings is 1. The van der Waals surface area contributed by atoms with Gasteiger partial charge in [-0.2, -0.15) is 4.99 Å². The second kappa shape index (κ2) is 9.80. The number of para-hydroxylation sites is 1. The van der Waals surface area contributed by atoms with E-state index in [0.717, 1.165) is 22.3 Å². The molecule has 0 radical (unpaired) electrons. The maximum absolute atomic E-state index is 12.6. The van der Waals surface area contributed by atoms with Crippen LogP contribution in [0.5, 0.6) is 0 Å². The lowest BCUT2D eigenvalue weighted by Crippen LogP contribution is -2.30. The van der Waals surface area contributed by atoms with E-state index in [-0.39, 0.29) is 23.3 Å². The number of rotatable bonds is 7. The summed E-state index contributed by atoms with van der Waals surface area (Å²) in [4.78, 5) is 32.0. The number of aryl methyl sites for hydroxylation is 1. The van der Waals surface area contributed by atoms with Gasteiger partial charge in [0.15, 0.2) is 4.80 Å². The minimum atomic E-state index is -0.228. The van der Waals surface area contributed by atoms with Crippen LogP contribution in [0, 0.1) is 6.92 Å². The van der Waals surface area contributed by atoms with Gasteiger partial charge >= 0.3 is 0 Å². The van der Waals surface area contributed by atoms with E-state index in [1.807, 2.05) is 34.6 Å². The van der Waals surface area contributed by atoms with Crippen molar-refractivity contribution >= 4 is 50.8 Å². The van der Waals surface area contributed by atoms with Crippen LogP contribution < -0.4 is 9.70 Å². The molecule has 0 atom stereocenters. The average Bonchev–Trinajstić information content (AvgIpc) is 3.33. The first-order chi connectivity index (χ1) is 15.1. The minimum Gasteiger partial charge on any atom is -0.383 e. The molecular formula is C23H25N3O3S2. The van der Waals surface area contributed by atoms with E-state index in [1.54, 1.807) is 7.11 Å². The van der Waals surface area contributed by atoms with Crippen LogP contribution in [0.1, 0.15) is 11.1 Å². The number of anilines is 1. The fraction of sp³-hybridized carbons (Fsp3) is 0.348. The summed E-state index contributed by atoms with van der Waals surface area (Å²) < 4.78 is 8.34. The standard InChI is InChI=1S/C23H25N3O3S2/c1-16-7-8-19-20(13-16)31-23(26(19)11-12-29-2)24-21(27)14-30-15-22(28)25-10-9-17-5-3-4-6-18(17)25/h3-8,13H,9-12,14-15H2,1-2H3. The van der Waals surface area contributed by atoms with E-state index in [2.05, 4.69) is 29.3 Å². The summed E-state index contributed by atoms with van der Waals surface area (Å²) in [5.74, 6) is 0.258. The van der Waals surface area contributed by atoms with Crippen LogP contribution in [0.4, 0.5) is 5.69 Å². The Morgan fingerprint density at radius 3 is 2.87 bits per heavy atom. The fourth-order valence-electron chi connectivity index (χ4n) is 3.70. The summed E-state index contributed by atoms with van der Waals surface area (Å²) in [6, 6.07) is 14.2. The van der Waals surface area contributed by atoms with Crippen LogP contribution in [0.3, 0.4) is 0 Å². The van der Waals surface area contributed by atoms with Crippen molar-refractivity contribution in [3.05, 3.63) is 58.4 Å². The van der Waals surface area contributed by atoms with E-state index in [0.29, 0.717) is 24.5 Å². The molecule has 1 aliphatic rings. The largest absolute Gasteiger partial charge is 0.383 e. The third-order valence-electron chi connectivity index (χ3n) is 5.22. The maximum Gasteiger partial charge on any atom is 0.258 e. The first-order valence-electron chi connectivity index (χ1n) is 10.2. The summed E-state index contributed by atoms with van der Waals surface area (Å²) >= 11 is 2.82. The van der Waals surface area contributed by atoms with E-state index >= 15 is 0 Å². The van der Waals surface area contributed by atoms with Gasteiger partial charge in [-0.3, -0.25) is 9.59 Å². The molecule has 0 saturated carbocycles. The smallest absolute Gasteiger partial charge is 0.258 e. The van der Waals surface area contributed by atoms with Crippen molar-refractivity contribution in [1.82, 2.24) is 4.57 Å². The Hall–Kier alpha value is -2.42. The maximum atomic E-state index is 12.6. The molecule has 0 bridgehead atoms. The van der Waals surface area contributed by atoms with Crippen LogP contribution in [0.25, 0.3) is 10.2 Å². The molecule has 2 heterocycles. The molecule has 0 aliphatic carbocycles. The van der Waals surface area contributed by atoms with E-state index in [1.165, 1.54) is 34.2 Å². The molecule has 1 aliphatic heterocycles. The summed E-state index contributed by atoms with van der Waals surface area (Å²) in [6.45, 7) is 3.93. The highest BCUT2D eigenvalue weighted by molar-refractivity contribution is 8.00. The van der Waals surface area contributed by atoms with Crippen molar-refractivity contribution in [1.29, 1.82) is 0 Å². The van der Waals surface area contributed by atoms with Gasteiger partial charge in [-0.25, -0.2) is 0 Å². The van der Waals surface area contributed by atoms with Crippen molar-refractivity contribution in [3.8, 4) is 0 Å². The molecule has 8 heteroatoms. The van der Waals surface area contributed by atoms with Crippen molar-refractivity contribution in [3.63, 3.8) is 0 Å². The van der Waals surface area contributed by atoms with E-state index < -0.39 is 0 Å². The first kappa shape index (κ1) is 21.8. The molecule has 162 valence electrons. The molecule has 1 aromatic heterocycles. The lowest BCUT2D eigenvalue weighted by molar-refractivity contribution is -0.116. The second-order valence-electron chi connectivity index (χ2n) is 7.42. The SMILES string of the molecule is COCCn1c(=NC(=O)CSCC(=O)N2CCc3ccccc32)sc2cc(C)ccc21. The number of fused-ring (bicyclic) bond motifs is 2. The molecule has 0 N–H and O–H groups in total. The summed E-state index contributed by atoms with van der Waals surface area (Å²) in [6.07, 6.45) is 0.883. The lowest BCUT2D eigenvalue weighted by Gasteiger charge is -2.16. The molecule has 0 fully saturated rings. The Bertz CT molecular complexity index is 1180. The van der Waals surface area contributed by atoms with Gasteiger partial charge in [0, 0.05) is 25.9 Å². The molecule has 6 nitrogen and oxygen atoms in total. The van der Waals surface area contributed by atoms with Gasteiger partial charge in [0.05, 0.1) is 28.3 Å². The summed E-state index contributed by atoms with van der Waals surface area (Å²) in [5.41, 5.74) is 4.41. The second-order valence-corrected chi connectivity index (χ2v) is 9.42. The summed E-state index contributed by atoms with van der Waals surface area (Å²) in [5, 5.41) is 0. The van der Waals surface area contributed by atoms with Crippen molar-refractivity contribution in [2.45, 2.75) is 19.9 Å². The van der Waals surface area contributed by atoms with E-state index in [4.69, 9.17) is 4.74 Å². The molecule has 0 spiro atoms. The molecule has 0 saturated heterocycles. The van der Waals surface area contributed by atoms with Gasteiger partial charge in [-0.15, -0.1) is 11.8 Å². The number of hydrogen-bond acceptors (Lipinski definition) is 5.